The average Bonchev–Trinajstić information content (AvgIpc) is 2.75. The zero-order valence-electron chi connectivity index (χ0n) is 13.6. The van der Waals surface area contributed by atoms with Gasteiger partial charge in [0.05, 0.1) is 15.3 Å². The molecule has 2 unspecified atom stereocenters. The molecule has 0 fully saturated rings. The molecular weight excluding hydrogens is 451 g/mol. The van der Waals surface area contributed by atoms with Crippen LogP contribution in [0.5, 0.6) is 0 Å². The second-order valence-corrected chi connectivity index (χ2v) is 12.8. The number of alkyl halides is 1. The van der Waals surface area contributed by atoms with Gasteiger partial charge in [0.25, 0.3) is 0 Å². The molecule has 1 radical (unpaired) electrons. The van der Waals surface area contributed by atoms with Gasteiger partial charge in [0.2, 0.25) is 19.1 Å². The maximum absolute atomic E-state index is 11.4. The van der Waals surface area contributed by atoms with Crippen LogP contribution in [0.15, 0.2) is 10.4 Å². The number of primary sulfonamides is 1. The molecule has 1 heterocycles. The Morgan fingerprint density at radius 3 is 2.41 bits per heavy atom. The molecule has 0 bridgehead atoms. The van der Waals surface area contributed by atoms with Crippen LogP contribution >= 0.6 is 33.9 Å². The summed E-state index contributed by atoms with van der Waals surface area (Å²) in [6.45, 7) is 10.7. The Morgan fingerprint density at radius 1 is 1.41 bits per heavy atom. The van der Waals surface area contributed by atoms with Crippen LogP contribution in [-0.4, -0.2) is 26.6 Å². The highest BCUT2D eigenvalue weighted by Gasteiger charge is 2.30. The van der Waals surface area contributed by atoms with E-state index in [0.717, 1.165) is 17.8 Å². The lowest BCUT2D eigenvalue weighted by Gasteiger charge is -2.30. The Labute approximate surface area is 153 Å². The maximum Gasteiger partial charge on any atom is 0.249 e. The lowest BCUT2D eigenvalue weighted by Crippen LogP contribution is -2.21. The summed E-state index contributed by atoms with van der Waals surface area (Å²) < 4.78 is 29.1. The van der Waals surface area contributed by atoms with E-state index in [9.17, 15) is 8.42 Å². The van der Waals surface area contributed by atoms with E-state index in [4.69, 9.17) is 9.56 Å². The second-order valence-electron chi connectivity index (χ2n) is 6.49. The van der Waals surface area contributed by atoms with Crippen molar-refractivity contribution in [2.45, 2.75) is 60.9 Å². The minimum atomic E-state index is -3.67. The number of thiazole rings is 1. The van der Waals surface area contributed by atoms with Crippen molar-refractivity contribution in [1.29, 1.82) is 0 Å². The van der Waals surface area contributed by atoms with Crippen LogP contribution in [0.4, 0.5) is 0 Å². The van der Waals surface area contributed by atoms with Crippen molar-refractivity contribution in [1.82, 2.24) is 4.98 Å². The highest BCUT2D eigenvalue weighted by Crippen LogP contribution is 2.41. The number of aromatic nitrogens is 1. The van der Waals surface area contributed by atoms with Crippen molar-refractivity contribution >= 4 is 53.0 Å². The molecule has 0 aliphatic carbocycles. The predicted molar refractivity (Wildman–Crippen MR) is 101 cm³/mol. The van der Waals surface area contributed by atoms with Crippen LogP contribution < -0.4 is 5.14 Å². The van der Waals surface area contributed by atoms with E-state index in [1.165, 1.54) is 17.5 Å². The molecule has 0 aliphatic heterocycles. The van der Waals surface area contributed by atoms with Gasteiger partial charge in [-0.05, 0) is 31.4 Å². The molecule has 1 aromatic rings. The Hall–Kier alpha value is 0.447. The molecule has 0 spiro atoms. The smallest absolute Gasteiger partial charge is 0.249 e. The SMILES string of the molecule is C[Si](C)OC(I)CCC(c1ncc(S(N)(=O)=O)s1)C(C)(C)C. The summed E-state index contributed by atoms with van der Waals surface area (Å²) >= 11 is 3.51. The monoisotopic (exact) mass is 475 g/mol. The van der Waals surface area contributed by atoms with Gasteiger partial charge in [-0.25, -0.2) is 18.5 Å². The van der Waals surface area contributed by atoms with Crippen LogP contribution in [-0.2, 0) is 14.4 Å². The number of rotatable bonds is 7. The van der Waals surface area contributed by atoms with Crippen molar-refractivity contribution in [3.05, 3.63) is 11.2 Å². The third-order valence-electron chi connectivity index (χ3n) is 3.17. The van der Waals surface area contributed by atoms with Gasteiger partial charge in [-0.3, -0.25) is 0 Å². The molecule has 9 heteroatoms. The molecule has 0 saturated carbocycles. The van der Waals surface area contributed by atoms with Crippen molar-refractivity contribution < 1.29 is 12.8 Å². The zero-order valence-corrected chi connectivity index (χ0v) is 18.4. The average molecular weight is 475 g/mol. The summed E-state index contributed by atoms with van der Waals surface area (Å²) in [4.78, 5) is 4.31. The Morgan fingerprint density at radius 2 is 2.00 bits per heavy atom. The summed E-state index contributed by atoms with van der Waals surface area (Å²) in [6.07, 6.45) is 3.19. The van der Waals surface area contributed by atoms with Crippen LogP contribution in [0.2, 0.25) is 13.1 Å². The summed E-state index contributed by atoms with van der Waals surface area (Å²) in [7, 11) is -4.39. The minimum Gasteiger partial charge on any atom is -0.406 e. The number of hydrogen-bond donors (Lipinski definition) is 1. The number of nitrogens with zero attached hydrogens (tertiary/aromatic N) is 1. The molecule has 127 valence electrons. The molecule has 1 rings (SSSR count). The number of nitrogens with two attached hydrogens (primary N) is 1. The summed E-state index contributed by atoms with van der Waals surface area (Å²) in [5.74, 6) is 0.179. The largest absolute Gasteiger partial charge is 0.406 e. The van der Waals surface area contributed by atoms with E-state index in [0.29, 0.717) is 0 Å². The highest BCUT2D eigenvalue weighted by atomic mass is 127. The van der Waals surface area contributed by atoms with Gasteiger partial charge in [0.15, 0.2) is 4.21 Å². The summed E-state index contributed by atoms with van der Waals surface area (Å²) in [6, 6.07) is 0. The van der Waals surface area contributed by atoms with Crippen molar-refractivity contribution in [2.75, 3.05) is 0 Å². The van der Waals surface area contributed by atoms with Gasteiger partial charge in [0.1, 0.15) is 0 Å². The Kier molecular flexibility index (Phi) is 7.47. The first-order valence-electron chi connectivity index (χ1n) is 7.00. The third kappa shape index (κ3) is 6.52. The fourth-order valence-corrected chi connectivity index (χ4v) is 6.57. The summed E-state index contributed by atoms with van der Waals surface area (Å²) in [5, 5.41) is 6.01. The first kappa shape index (κ1) is 20.5. The lowest BCUT2D eigenvalue weighted by molar-refractivity contribution is 0.251. The van der Waals surface area contributed by atoms with E-state index in [2.05, 4.69) is 61.4 Å². The number of halogens is 1. The molecule has 0 aromatic carbocycles. The van der Waals surface area contributed by atoms with Gasteiger partial charge in [0, 0.05) is 5.92 Å². The lowest BCUT2D eigenvalue weighted by atomic mass is 9.78. The van der Waals surface area contributed by atoms with Crippen LogP contribution in [0.1, 0.15) is 44.5 Å². The molecule has 2 atom stereocenters. The molecule has 5 nitrogen and oxygen atoms in total. The van der Waals surface area contributed by atoms with Gasteiger partial charge in [-0.15, -0.1) is 11.3 Å². The molecule has 0 saturated heterocycles. The number of sulfonamides is 1. The van der Waals surface area contributed by atoms with Gasteiger partial charge in [-0.1, -0.05) is 43.4 Å². The van der Waals surface area contributed by atoms with E-state index in [1.54, 1.807) is 0 Å². The zero-order chi connectivity index (χ0) is 17.1. The molecule has 2 N–H and O–H groups in total. The van der Waals surface area contributed by atoms with Crippen molar-refractivity contribution in [3.63, 3.8) is 0 Å². The normalized spacial score (nSPS) is 16.0. The fourth-order valence-electron chi connectivity index (χ4n) is 2.10. The van der Waals surface area contributed by atoms with Gasteiger partial charge in [-0.2, -0.15) is 0 Å². The second kappa shape index (κ2) is 8.02. The van der Waals surface area contributed by atoms with E-state index in [1.807, 2.05) is 0 Å². The molecule has 0 amide bonds. The minimum absolute atomic E-state index is 0.00391. The first-order valence-corrected chi connectivity index (χ1v) is 13.0. The Bertz CT molecular complexity index is 584. The molecule has 22 heavy (non-hydrogen) atoms. The van der Waals surface area contributed by atoms with E-state index >= 15 is 0 Å². The van der Waals surface area contributed by atoms with Gasteiger partial charge < -0.3 is 4.43 Å². The maximum atomic E-state index is 11.4. The summed E-state index contributed by atoms with van der Waals surface area (Å²) in [5.41, 5.74) is -0.00391. The van der Waals surface area contributed by atoms with Crippen LogP contribution in [0.3, 0.4) is 0 Å². The third-order valence-corrected chi connectivity index (χ3v) is 7.80. The standard InChI is InChI=1S/C13H24IN2O3S2Si/c1-13(2,3)9(6-7-10(14)19-22(4)5)12-16-8-11(20-12)21(15,17)18/h8-10H,6-7H2,1-5H3,(H2,15,17,18). The molecule has 1 aromatic heterocycles. The fraction of sp³-hybridized carbons (Fsp3) is 0.769. The predicted octanol–water partition coefficient (Wildman–Crippen LogP) is 3.73. The Balaban J connectivity index is 2.89. The molecular formula is C13H24IN2O3S2Si. The first-order chi connectivity index (χ1) is 9.91. The van der Waals surface area contributed by atoms with Crippen molar-refractivity contribution in [2.24, 2.45) is 10.6 Å². The molecule has 0 aliphatic rings. The van der Waals surface area contributed by atoms with Crippen molar-refractivity contribution in [3.8, 4) is 0 Å². The number of hydrogen-bond acceptors (Lipinski definition) is 5. The van der Waals surface area contributed by atoms with E-state index < -0.39 is 19.1 Å². The topological polar surface area (TPSA) is 82.3 Å². The van der Waals surface area contributed by atoms with E-state index in [-0.39, 0.29) is 19.7 Å². The van der Waals surface area contributed by atoms with Gasteiger partial charge >= 0.3 is 0 Å². The van der Waals surface area contributed by atoms with Crippen LogP contribution in [0.25, 0.3) is 0 Å². The van der Waals surface area contributed by atoms with Crippen LogP contribution in [0, 0.1) is 5.41 Å². The highest BCUT2D eigenvalue weighted by molar-refractivity contribution is 14.1. The quantitative estimate of drug-likeness (QED) is 0.370.